The van der Waals surface area contributed by atoms with Gasteiger partial charge >= 0.3 is 5.97 Å². The summed E-state index contributed by atoms with van der Waals surface area (Å²) in [5.74, 6) is -0.391. The van der Waals surface area contributed by atoms with Crippen LogP contribution in [-0.4, -0.2) is 37.9 Å². The van der Waals surface area contributed by atoms with Crippen LogP contribution in [0.25, 0.3) is 0 Å². The number of benzene rings is 3. The molecule has 1 unspecified atom stereocenters. The van der Waals surface area contributed by atoms with Gasteiger partial charge in [-0.25, -0.2) is 14.8 Å². The Hall–Kier alpha value is -4.36. The molecule has 0 saturated heterocycles. The summed E-state index contributed by atoms with van der Waals surface area (Å²) in [6, 6.07) is 29.7. The number of carboxylic acid groups (broad SMARTS) is 1. The van der Waals surface area contributed by atoms with E-state index in [2.05, 4.69) is 55.9 Å². The first-order valence-electron chi connectivity index (χ1n) is 11.5. The van der Waals surface area contributed by atoms with Crippen molar-refractivity contribution in [3.05, 3.63) is 142 Å². The van der Waals surface area contributed by atoms with Gasteiger partial charge in [0.05, 0.1) is 6.21 Å². The molecule has 0 bridgehead atoms. The fraction of sp³-hybridized carbons (Fsp3) is 0.103. The summed E-state index contributed by atoms with van der Waals surface area (Å²) in [5, 5.41) is 12.5. The number of aliphatic carboxylic acids is 1. The average Bonchev–Trinajstić information content (AvgIpc) is 3.62. The van der Waals surface area contributed by atoms with Gasteiger partial charge in [-0.3, -0.25) is 4.99 Å². The van der Waals surface area contributed by atoms with Crippen LogP contribution in [0.15, 0.2) is 120 Å². The van der Waals surface area contributed by atoms with Crippen LogP contribution in [0.1, 0.15) is 27.5 Å². The predicted molar refractivity (Wildman–Crippen MR) is 142 cm³/mol. The molecule has 5 aromatic rings. The fourth-order valence-corrected chi connectivity index (χ4v) is 5.08. The largest absolute Gasteiger partial charge is 0.480 e. The number of nitrogens with zero attached hydrogens (tertiary/aromatic N) is 4. The van der Waals surface area contributed by atoms with Gasteiger partial charge in [0, 0.05) is 30.4 Å². The van der Waals surface area contributed by atoms with E-state index < -0.39 is 17.6 Å². The molecule has 0 spiro atoms. The van der Waals surface area contributed by atoms with Gasteiger partial charge in [0.2, 0.25) is 0 Å². The zero-order chi connectivity index (χ0) is 24.8. The Morgan fingerprint density at radius 3 is 1.92 bits per heavy atom. The van der Waals surface area contributed by atoms with Crippen molar-refractivity contribution >= 4 is 23.5 Å². The summed E-state index contributed by atoms with van der Waals surface area (Å²) in [5.41, 5.74) is 2.36. The molecule has 1 atom stereocenters. The summed E-state index contributed by atoms with van der Waals surface area (Å²) in [7, 11) is 0. The average molecular weight is 493 g/mol. The number of carboxylic acids is 1. The molecule has 0 aliphatic rings. The van der Waals surface area contributed by atoms with Crippen LogP contribution < -0.4 is 0 Å². The molecule has 5 rings (SSSR count). The Morgan fingerprint density at radius 1 is 0.889 bits per heavy atom. The lowest BCUT2D eigenvalue weighted by molar-refractivity contribution is -0.138. The number of imidazole rings is 1. The van der Waals surface area contributed by atoms with Crippen LogP contribution >= 0.6 is 11.3 Å². The maximum Gasteiger partial charge on any atom is 0.328 e. The van der Waals surface area contributed by atoms with Gasteiger partial charge in [-0.05, 0) is 16.7 Å². The molecule has 0 radical (unpaired) electrons. The van der Waals surface area contributed by atoms with Crippen molar-refractivity contribution in [3.63, 3.8) is 0 Å². The van der Waals surface area contributed by atoms with Crippen LogP contribution in [0.2, 0.25) is 0 Å². The van der Waals surface area contributed by atoms with Gasteiger partial charge in [-0.1, -0.05) is 91.0 Å². The second-order valence-electron chi connectivity index (χ2n) is 8.23. The minimum absolute atomic E-state index is 0.123. The van der Waals surface area contributed by atoms with Gasteiger partial charge in [-0.2, -0.15) is 0 Å². The molecule has 36 heavy (non-hydrogen) atoms. The normalized spacial score (nSPS) is 12.6. The fourth-order valence-electron chi connectivity index (χ4n) is 4.57. The molecule has 6 nitrogen and oxygen atoms in total. The second-order valence-corrected chi connectivity index (χ2v) is 9.15. The van der Waals surface area contributed by atoms with Gasteiger partial charge in [-0.15, -0.1) is 11.3 Å². The Kier molecular flexibility index (Phi) is 6.82. The molecular formula is C29H24N4O2S. The SMILES string of the molecule is O=C(O)C(Cc1nccn1C(c1ccccc1)(c1ccccc1)c1ccccc1)N=Cc1nccs1. The topological polar surface area (TPSA) is 80.4 Å². The molecule has 2 aromatic heterocycles. The molecule has 0 aliphatic heterocycles. The first kappa shape index (κ1) is 23.4. The molecule has 0 fully saturated rings. The third-order valence-electron chi connectivity index (χ3n) is 6.13. The van der Waals surface area contributed by atoms with E-state index in [0.29, 0.717) is 10.8 Å². The smallest absolute Gasteiger partial charge is 0.328 e. The Morgan fingerprint density at radius 2 is 1.44 bits per heavy atom. The monoisotopic (exact) mass is 492 g/mol. The maximum absolute atomic E-state index is 12.2. The number of rotatable bonds is 9. The molecule has 1 N–H and O–H groups in total. The second kappa shape index (κ2) is 10.5. The molecule has 7 heteroatoms. The van der Waals surface area contributed by atoms with Gasteiger partial charge in [0.15, 0.2) is 6.04 Å². The molecule has 0 aliphatic carbocycles. The first-order valence-corrected chi connectivity index (χ1v) is 12.4. The van der Waals surface area contributed by atoms with Gasteiger partial charge in [0.1, 0.15) is 16.4 Å². The standard InChI is InChI=1S/C29H24N4O2S/c34-28(35)25(32-21-27-31-17-19-36-27)20-26-30-16-18-33(26)29(22-10-4-1-5-11-22,23-12-6-2-7-13-23)24-14-8-3-9-15-24/h1-19,21,25H,20H2,(H,34,35). The number of hydrogen-bond donors (Lipinski definition) is 1. The third kappa shape index (κ3) is 4.48. The summed E-state index contributed by atoms with van der Waals surface area (Å²) in [4.78, 5) is 25.4. The molecule has 0 amide bonds. The Balaban J connectivity index is 1.69. The zero-order valence-electron chi connectivity index (χ0n) is 19.4. The number of aliphatic imine (C=N–C) groups is 1. The lowest BCUT2D eigenvalue weighted by atomic mass is 9.76. The van der Waals surface area contributed by atoms with Crippen LogP contribution in [0.4, 0.5) is 0 Å². The summed E-state index contributed by atoms with van der Waals surface area (Å²) in [6.07, 6.45) is 6.96. The van der Waals surface area contributed by atoms with Crippen molar-refractivity contribution in [1.82, 2.24) is 14.5 Å². The quantitative estimate of drug-likeness (QED) is 0.224. The van der Waals surface area contributed by atoms with Crippen molar-refractivity contribution in [3.8, 4) is 0 Å². The number of carbonyl (C=O) groups is 1. The van der Waals surface area contributed by atoms with E-state index in [-0.39, 0.29) is 6.42 Å². The van der Waals surface area contributed by atoms with E-state index >= 15 is 0 Å². The molecular weight excluding hydrogens is 468 g/mol. The summed E-state index contributed by atoms with van der Waals surface area (Å²) in [6.45, 7) is 0. The van der Waals surface area contributed by atoms with Crippen molar-refractivity contribution in [2.75, 3.05) is 0 Å². The van der Waals surface area contributed by atoms with Gasteiger partial charge in [0.25, 0.3) is 0 Å². The van der Waals surface area contributed by atoms with Crippen LogP contribution in [-0.2, 0) is 16.8 Å². The van der Waals surface area contributed by atoms with E-state index in [1.165, 1.54) is 17.6 Å². The van der Waals surface area contributed by atoms with Crippen molar-refractivity contribution < 1.29 is 9.90 Å². The minimum Gasteiger partial charge on any atom is -0.480 e. The lowest BCUT2D eigenvalue weighted by Gasteiger charge is -2.38. The highest BCUT2D eigenvalue weighted by Crippen LogP contribution is 2.41. The van der Waals surface area contributed by atoms with Crippen LogP contribution in [0, 0.1) is 0 Å². The third-order valence-corrected chi connectivity index (χ3v) is 6.84. The van der Waals surface area contributed by atoms with Crippen LogP contribution in [0.5, 0.6) is 0 Å². The highest BCUT2D eigenvalue weighted by atomic mass is 32.1. The lowest BCUT2D eigenvalue weighted by Crippen LogP contribution is -2.39. The first-order chi connectivity index (χ1) is 17.7. The van der Waals surface area contributed by atoms with Crippen molar-refractivity contribution in [2.24, 2.45) is 4.99 Å². The molecule has 178 valence electrons. The molecule has 0 saturated carbocycles. The predicted octanol–water partition coefficient (Wildman–Crippen LogP) is 5.29. The summed E-state index contributed by atoms with van der Waals surface area (Å²) >= 11 is 1.41. The Bertz CT molecular complexity index is 1340. The number of aromatic nitrogens is 3. The van der Waals surface area contributed by atoms with Crippen molar-refractivity contribution in [2.45, 2.75) is 18.0 Å². The van der Waals surface area contributed by atoms with E-state index in [4.69, 9.17) is 0 Å². The Labute approximate surface area is 213 Å². The molecule has 3 aromatic carbocycles. The highest BCUT2D eigenvalue weighted by Gasteiger charge is 2.40. The highest BCUT2D eigenvalue weighted by molar-refractivity contribution is 7.11. The van der Waals surface area contributed by atoms with E-state index in [1.807, 2.05) is 66.2 Å². The van der Waals surface area contributed by atoms with E-state index in [9.17, 15) is 9.90 Å². The van der Waals surface area contributed by atoms with Crippen molar-refractivity contribution in [1.29, 1.82) is 0 Å². The maximum atomic E-state index is 12.2. The molecule has 2 heterocycles. The zero-order valence-corrected chi connectivity index (χ0v) is 20.2. The number of thiazole rings is 1. The van der Waals surface area contributed by atoms with E-state index in [0.717, 1.165) is 16.7 Å². The summed E-state index contributed by atoms with van der Waals surface area (Å²) < 4.78 is 2.09. The van der Waals surface area contributed by atoms with Crippen LogP contribution in [0.3, 0.4) is 0 Å². The number of hydrogen-bond acceptors (Lipinski definition) is 5. The van der Waals surface area contributed by atoms with E-state index in [1.54, 1.807) is 12.4 Å². The minimum atomic E-state index is -1.01. The van der Waals surface area contributed by atoms with Gasteiger partial charge < -0.3 is 9.67 Å².